The lowest BCUT2D eigenvalue weighted by Gasteiger charge is -2.47. The van der Waals surface area contributed by atoms with Crippen LogP contribution in [0.25, 0.3) is 0 Å². The second kappa shape index (κ2) is 11.7. The van der Waals surface area contributed by atoms with E-state index in [1.54, 1.807) is 6.92 Å². The minimum atomic E-state index is -4.96. The van der Waals surface area contributed by atoms with Crippen molar-refractivity contribution in [2.75, 3.05) is 19.8 Å². The van der Waals surface area contributed by atoms with E-state index in [2.05, 4.69) is 0 Å². The quantitative estimate of drug-likeness (QED) is 0.112. The van der Waals surface area contributed by atoms with E-state index in [-0.39, 0.29) is 13.0 Å². The van der Waals surface area contributed by atoms with Crippen LogP contribution in [0.5, 0.6) is 0 Å². The summed E-state index contributed by atoms with van der Waals surface area (Å²) in [6, 6.07) is 0. The molecule has 5 atom stereocenters. The van der Waals surface area contributed by atoms with E-state index in [9.17, 15) is 49.8 Å². The van der Waals surface area contributed by atoms with Crippen molar-refractivity contribution >= 4 is 13.6 Å². The Morgan fingerprint density at radius 1 is 1.18 bits per heavy atom. The van der Waals surface area contributed by atoms with Gasteiger partial charge in [-0.3, -0.25) is 4.57 Å². The Bertz CT molecular complexity index is 772. The standard InChI is InChI=1S/C21H39O12P/c1-5-7-8-13(17(19(3,4)27)34(29,30)31)9-20(28,12-32-6-2)21(10-14(23)11-22)16(25)15(24)18(26)33-21/h13-14,17,22-25,27-28H,5-12H2,1-4H3,(H2,29,30,31)/t13?,14?,17?,20-,21-/m0/s1. The van der Waals surface area contributed by atoms with Gasteiger partial charge in [-0.05, 0) is 39.5 Å². The molecular formula is C21H39O12P. The number of esters is 1. The maximum absolute atomic E-state index is 12.4. The van der Waals surface area contributed by atoms with Crippen LogP contribution >= 0.6 is 7.60 Å². The van der Waals surface area contributed by atoms with Gasteiger partial charge in [-0.1, -0.05) is 19.8 Å². The molecule has 1 aliphatic rings. The molecule has 1 aliphatic heterocycles. The van der Waals surface area contributed by atoms with Crippen molar-refractivity contribution in [3.05, 3.63) is 11.5 Å². The van der Waals surface area contributed by atoms with Crippen LogP contribution in [0.1, 0.15) is 59.8 Å². The number of unbranched alkanes of at least 4 members (excludes halogenated alkanes) is 1. The van der Waals surface area contributed by atoms with E-state index >= 15 is 0 Å². The Hall–Kier alpha value is -1.24. The Labute approximate surface area is 199 Å². The molecule has 0 saturated heterocycles. The number of cyclic esters (lactones) is 1. The lowest BCUT2D eigenvalue weighted by Crippen LogP contribution is -2.62. The lowest BCUT2D eigenvalue weighted by atomic mass is 9.70. The molecule has 0 aliphatic carbocycles. The summed E-state index contributed by atoms with van der Waals surface area (Å²) >= 11 is 0. The molecule has 0 saturated carbocycles. The lowest BCUT2D eigenvalue weighted by molar-refractivity contribution is -0.211. The number of rotatable bonds is 15. The van der Waals surface area contributed by atoms with Gasteiger partial charge < -0.3 is 49.9 Å². The molecule has 1 rings (SSSR count). The molecule has 0 radical (unpaired) electrons. The Morgan fingerprint density at radius 2 is 1.76 bits per heavy atom. The van der Waals surface area contributed by atoms with Crippen LogP contribution in [-0.4, -0.2) is 94.8 Å². The average Bonchev–Trinajstić information content (AvgIpc) is 2.92. The maximum Gasteiger partial charge on any atom is 0.378 e. The third-order valence-electron chi connectivity index (χ3n) is 6.16. The van der Waals surface area contributed by atoms with Gasteiger partial charge in [0, 0.05) is 13.0 Å². The normalized spacial score (nSPS) is 24.0. The second-order valence-electron chi connectivity index (χ2n) is 9.42. The van der Waals surface area contributed by atoms with E-state index in [0.717, 1.165) is 0 Å². The summed E-state index contributed by atoms with van der Waals surface area (Å²) in [6.45, 7) is 4.46. The molecule has 3 unspecified atom stereocenters. The first kappa shape index (κ1) is 30.8. The third-order valence-corrected chi connectivity index (χ3v) is 7.94. The summed E-state index contributed by atoms with van der Waals surface area (Å²) in [4.78, 5) is 32.3. The Kier molecular flexibility index (Phi) is 10.6. The van der Waals surface area contributed by atoms with Gasteiger partial charge in [-0.2, -0.15) is 0 Å². The van der Waals surface area contributed by atoms with Crippen molar-refractivity contribution < 1.29 is 59.3 Å². The van der Waals surface area contributed by atoms with Gasteiger partial charge in [0.2, 0.25) is 11.4 Å². The molecule has 0 aromatic carbocycles. The van der Waals surface area contributed by atoms with Crippen LogP contribution in [0, 0.1) is 5.92 Å². The predicted octanol–water partition coefficient (Wildman–Crippen LogP) is 0.634. The number of aliphatic hydroxyl groups is 6. The predicted molar refractivity (Wildman–Crippen MR) is 120 cm³/mol. The SMILES string of the molecule is CCCCC(C[C@](O)(COCC)[C@@]1(CC(O)CO)OC(=O)C(O)=C1O)C(C(C)(C)O)P(=O)(O)O. The molecule has 0 fully saturated rings. The summed E-state index contributed by atoms with van der Waals surface area (Å²) in [5.41, 5.74) is -8.47. The summed E-state index contributed by atoms with van der Waals surface area (Å²) < 4.78 is 23.0. The second-order valence-corrected chi connectivity index (χ2v) is 11.2. The topological polar surface area (TPSA) is 214 Å². The van der Waals surface area contributed by atoms with Crippen molar-refractivity contribution in [1.29, 1.82) is 0 Å². The van der Waals surface area contributed by atoms with Crippen molar-refractivity contribution in [2.24, 2.45) is 5.92 Å². The number of ether oxygens (including phenoxy) is 2. The number of aliphatic hydroxyl groups excluding tert-OH is 4. The molecule has 34 heavy (non-hydrogen) atoms. The molecular weight excluding hydrogens is 475 g/mol. The van der Waals surface area contributed by atoms with Gasteiger partial charge in [0.25, 0.3) is 0 Å². The first-order valence-electron chi connectivity index (χ1n) is 11.2. The molecule has 1 heterocycles. The summed E-state index contributed by atoms with van der Waals surface area (Å²) in [7, 11) is -4.96. The molecule has 0 spiro atoms. The fourth-order valence-electron chi connectivity index (χ4n) is 4.73. The van der Waals surface area contributed by atoms with Crippen molar-refractivity contribution in [3.63, 3.8) is 0 Å². The van der Waals surface area contributed by atoms with Gasteiger partial charge in [0.1, 0.15) is 5.60 Å². The molecule has 8 N–H and O–H groups in total. The average molecular weight is 515 g/mol. The molecule has 0 aromatic heterocycles. The first-order valence-corrected chi connectivity index (χ1v) is 12.9. The Balaban J connectivity index is 3.74. The van der Waals surface area contributed by atoms with Gasteiger partial charge in [0.05, 0.1) is 30.6 Å². The number of hydrogen-bond acceptors (Lipinski definition) is 10. The highest BCUT2D eigenvalue weighted by Gasteiger charge is 2.64. The minimum Gasteiger partial charge on any atom is -0.505 e. The fraction of sp³-hybridized carbons (Fsp3) is 0.857. The van der Waals surface area contributed by atoms with E-state index in [1.807, 2.05) is 6.92 Å². The van der Waals surface area contributed by atoms with Crippen LogP contribution in [0.2, 0.25) is 0 Å². The molecule has 12 nitrogen and oxygen atoms in total. The molecule has 200 valence electrons. The van der Waals surface area contributed by atoms with Crippen molar-refractivity contribution in [3.8, 4) is 0 Å². The zero-order valence-electron chi connectivity index (χ0n) is 20.0. The van der Waals surface area contributed by atoms with E-state index in [1.165, 1.54) is 13.8 Å². The van der Waals surface area contributed by atoms with Crippen LogP contribution < -0.4 is 0 Å². The van der Waals surface area contributed by atoms with Crippen LogP contribution in [0.4, 0.5) is 0 Å². The van der Waals surface area contributed by atoms with Crippen molar-refractivity contribution in [1.82, 2.24) is 0 Å². The monoisotopic (exact) mass is 514 g/mol. The number of carbonyl (C=O) groups excluding carboxylic acids is 1. The highest BCUT2D eigenvalue weighted by atomic mass is 31.2. The van der Waals surface area contributed by atoms with Crippen LogP contribution in [-0.2, 0) is 18.8 Å². The van der Waals surface area contributed by atoms with Gasteiger partial charge >= 0.3 is 13.6 Å². The van der Waals surface area contributed by atoms with Crippen molar-refractivity contribution in [2.45, 2.75) is 88.4 Å². The van der Waals surface area contributed by atoms with E-state index in [4.69, 9.17) is 9.47 Å². The largest absolute Gasteiger partial charge is 0.505 e. The molecule has 0 amide bonds. The summed E-state index contributed by atoms with van der Waals surface area (Å²) in [5, 5.41) is 62.7. The van der Waals surface area contributed by atoms with Gasteiger partial charge in [0.15, 0.2) is 5.76 Å². The van der Waals surface area contributed by atoms with Gasteiger partial charge in [-0.25, -0.2) is 4.79 Å². The third kappa shape index (κ3) is 6.70. The van der Waals surface area contributed by atoms with Crippen LogP contribution in [0.15, 0.2) is 11.5 Å². The zero-order valence-corrected chi connectivity index (χ0v) is 20.9. The fourth-order valence-corrected chi connectivity index (χ4v) is 6.36. The molecule has 0 bridgehead atoms. The van der Waals surface area contributed by atoms with Gasteiger partial charge in [-0.15, -0.1) is 0 Å². The molecule has 13 heteroatoms. The number of hydrogen-bond donors (Lipinski definition) is 8. The maximum atomic E-state index is 12.4. The first-order chi connectivity index (χ1) is 15.5. The van der Waals surface area contributed by atoms with E-state index < -0.39 is 85.6 Å². The minimum absolute atomic E-state index is 0.0540. The van der Waals surface area contributed by atoms with Crippen LogP contribution in [0.3, 0.4) is 0 Å². The van der Waals surface area contributed by atoms with E-state index in [0.29, 0.717) is 12.8 Å². The zero-order chi connectivity index (χ0) is 26.5. The Morgan fingerprint density at radius 3 is 2.15 bits per heavy atom. The number of carbonyl (C=O) groups is 1. The summed E-state index contributed by atoms with van der Waals surface area (Å²) in [6.07, 6.45) is -1.71. The summed E-state index contributed by atoms with van der Waals surface area (Å²) in [5.74, 6) is -4.78. The highest BCUT2D eigenvalue weighted by Crippen LogP contribution is 2.55. The highest BCUT2D eigenvalue weighted by molar-refractivity contribution is 7.52. The smallest absolute Gasteiger partial charge is 0.378 e. The molecule has 0 aromatic rings.